The molecule has 1 aromatic heterocycles. The molecule has 0 saturated heterocycles. The molecule has 0 aliphatic rings. The molecule has 0 aromatic carbocycles. The molecule has 1 rings (SSSR count). The first-order chi connectivity index (χ1) is 8.85. The molecule has 110 valence electrons. The molecule has 0 aliphatic heterocycles. The van der Waals surface area contributed by atoms with Crippen molar-refractivity contribution in [1.29, 1.82) is 0 Å². The van der Waals surface area contributed by atoms with Crippen LogP contribution in [-0.4, -0.2) is 40.3 Å². The highest BCUT2D eigenvalue weighted by Gasteiger charge is 2.18. The van der Waals surface area contributed by atoms with Crippen LogP contribution in [0.3, 0.4) is 0 Å². The highest BCUT2D eigenvalue weighted by atomic mass is 16.5. The predicted octanol–water partition coefficient (Wildman–Crippen LogP) is 1.73. The van der Waals surface area contributed by atoms with E-state index >= 15 is 0 Å². The Balaban J connectivity index is 2.53. The van der Waals surface area contributed by atoms with E-state index in [1.165, 1.54) is 0 Å². The van der Waals surface area contributed by atoms with Crippen LogP contribution in [0.4, 0.5) is 0 Å². The highest BCUT2D eigenvalue weighted by molar-refractivity contribution is 4.93. The largest absolute Gasteiger partial charge is 0.366 e. The number of hydrogen-bond donors (Lipinski definition) is 1. The molecule has 1 unspecified atom stereocenters. The van der Waals surface area contributed by atoms with Gasteiger partial charge >= 0.3 is 0 Å². The van der Waals surface area contributed by atoms with Gasteiger partial charge in [0, 0.05) is 6.54 Å². The third-order valence-corrected chi connectivity index (χ3v) is 2.79. The van der Waals surface area contributed by atoms with Crippen LogP contribution < -0.4 is 5.73 Å². The van der Waals surface area contributed by atoms with Crippen molar-refractivity contribution in [2.24, 2.45) is 5.73 Å². The van der Waals surface area contributed by atoms with Crippen LogP contribution in [0.2, 0.25) is 0 Å². The van der Waals surface area contributed by atoms with Gasteiger partial charge in [-0.1, -0.05) is 19.0 Å². The van der Waals surface area contributed by atoms with Crippen molar-refractivity contribution >= 4 is 0 Å². The van der Waals surface area contributed by atoms with E-state index in [0.717, 1.165) is 19.6 Å². The highest BCUT2D eigenvalue weighted by Crippen LogP contribution is 2.13. The van der Waals surface area contributed by atoms with Gasteiger partial charge in [0.05, 0.1) is 11.6 Å². The fourth-order valence-electron chi connectivity index (χ4n) is 1.60. The van der Waals surface area contributed by atoms with Crippen LogP contribution in [0.1, 0.15) is 52.4 Å². The fourth-order valence-corrected chi connectivity index (χ4v) is 1.60. The van der Waals surface area contributed by atoms with Gasteiger partial charge in [-0.2, -0.15) is 4.98 Å². The maximum Gasteiger partial charge on any atom is 0.252 e. The van der Waals surface area contributed by atoms with Crippen molar-refractivity contribution in [2.75, 3.05) is 19.6 Å². The summed E-state index contributed by atoms with van der Waals surface area (Å²) in [5, 5.41) is 3.92. The Hall–Kier alpha value is -0.980. The van der Waals surface area contributed by atoms with E-state index in [2.05, 4.69) is 28.9 Å². The van der Waals surface area contributed by atoms with E-state index in [1.54, 1.807) is 0 Å². The van der Waals surface area contributed by atoms with Crippen LogP contribution in [0.5, 0.6) is 0 Å². The monoisotopic (exact) mass is 270 g/mol. The van der Waals surface area contributed by atoms with E-state index in [1.807, 2.05) is 20.8 Å². The van der Waals surface area contributed by atoms with Gasteiger partial charge in [-0.3, -0.25) is 0 Å². The number of rotatable bonds is 7. The molecule has 0 radical (unpaired) electrons. The normalized spacial score (nSPS) is 14.1. The molecule has 0 amide bonds. The summed E-state index contributed by atoms with van der Waals surface area (Å²) in [7, 11) is 0. The van der Waals surface area contributed by atoms with Gasteiger partial charge in [-0.15, -0.1) is 0 Å². The maximum atomic E-state index is 6.07. The molecule has 2 N–H and O–H groups in total. The van der Waals surface area contributed by atoms with E-state index in [0.29, 0.717) is 18.3 Å². The molecule has 0 saturated carbocycles. The summed E-state index contributed by atoms with van der Waals surface area (Å²) in [4.78, 5) is 6.51. The quantitative estimate of drug-likeness (QED) is 0.813. The van der Waals surface area contributed by atoms with Gasteiger partial charge in [0.25, 0.3) is 5.89 Å². The third kappa shape index (κ3) is 5.67. The predicted molar refractivity (Wildman–Crippen MR) is 73.6 cm³/mol. The molecule has 1 atom stereocenters. The second-order valence-corrected chi connectivity index (χ2v) is 5.54. The molecule has 1 heterocycles. The van der Waals surface area contributed by atoms with Gasteiger partial charge in [-0.05, 0) is 33.9 Å². The van der Waals surface area contributed by atoms with Crippen LogP contribution in [-0.2, 0) is 11.3 Å². The first-order valence-electron chi connectivity index (χ1n) is 6.80. The first kappa shape index (κ1) is 16.1. The van der Waals surface area contributed by atoms with Crippen molar-refractivity contribution < 1.29 is 9.26 Å². The minimum atomic E-state index is -0.230. The number of hydrogen-bond acceptors (Lipinski definition) is 6. The summed E-state index contributed by atoms with van der Waals surface area (Å²) in [5.74, 6) is 1.01. The minimum absolute atomic E-state index is 0.224. The smallest absolute Gasteiger partial charge is 0.252 e. The fraction of sp³-hybridized carbons (Fsp3) is 0.846. The Kier molecular flexibility index (Phi) is 5.90. The molecule has 6 heteroatoms. The van der Waals surface area contributed by atoms with Crippen LogP contribution in [0, 0.1) is 0 Å². The molecule has 19 heavy (non-hydrogen) atoms. The average Bonchev–Trinajstić information content (AvgIpc) is 2.81. The summed E-state index contributed by atoms with van der Waals surface area (Å²) in [6.45, 7) is 13.1. The van der Waals surface area contributed by atoms with Gasteiger partial charge in [0.2, 0.25) is 0 Å². The molecule has 6 nitrogen and oxygen atoms in total. The Morgan fingerprint density at radius 3 is 2.47 bits per heavy atom. The Morgan fingerprint density at radius 2 is 1.95 bits per heavy atom. The number of likely N-dealkylation sites (N-methyl/N-ethyl adjacent to an activating group) is 1. The van der Waals surface area contributed by atoms with Crippen LogP contribution in [0.25, 0.3) is 0 Å². The maximum absolute atomic E-state index is 6.07. The van der Waals surface area contributed by atoms with Crippen molar-refractivity contribution in [3.63, 3.8) is 0 Å². The first-order valence-corrected chi connectivity index (χ1v) is 6.80. The number of nitrogens with zero attached hydrogens (tertiary/aromatic N) is 3. The molecule has 0 fully saturated rings. The molecule has 1 aromatic rings. The average molecular weight is 270 g/mol. The summed E-state index contributed by atoms with van der Waals surface area (Å²) in [6, 6.07) is -0.230. The lowest BCUT2D eigenvalue weighted by molar-refractivity contribution is -0.0260. The van der Waals surface area contributed by atoms with Gasteiger partial charge in [0.15, 0.2) is 5.82 Å². The third-order valence-electron chi connectivity index (χ3n) is 2.79. The van der Waals surface area contributed by atoms with Crippen molar-refractivity contribution in [1.82, 2.24) is 15.0 Å². The van der Waals surface area contributed by atoms with E-state index < -0.39 is 0 Å². The number of nitrogens with two attached hydrogens (primary N) is 1. The van der Waals surface area contributed by atoms with Crippen LogP contribution >= 0.6 is 0 Å². The molecular weight excluding hydrogens is 244 g/mol. The van der Waals surface area contributed by atoms with E-state index in [-0.39, 0.29) is 11.6 Å². The number of aromatic nitrogens is 2. The molecular formula is C13H26N4O2. The molecule has 0 spiro atoms. The molecule has 0 aliphatic carbocycles. The van der Waals surface area contributed by atoms with Crippen molar-refractivity contribution in [3.05, 3.63) is 11.7 Å². The zero-order valence-corrected chi connectivity index (χ0v) is 12.6. The second kappa shape index (κ2) is 6.98. The Bertz CT molecular complexity index is 369. The second-order valence-electron chi connectivity index (χ2n) is 5.54. The lowest BCUT2D eigenvalue weighted by Crippen LogP contribution is -2.32. The van der Waals surface area contributed by atoms with E-state index in [4.69, 9.17) is 15.0 Å². The zero-order chi connectivity index (χ0) is 14.5. The summed E-state index contributed by atoms with van der Waals surface area (Å²) < 4.78 is 10.7. The lowest BCUT2D eigenvalue weighted by atomic mass is 10.2. The van der Waals surface area contributed by atoms with Crippen molar-refractivity contribution in [2.45, 2.75) is 52.9 Å². The number of ether oxygens (including phenoxy) is 1. The minimum Gasteiger partial charge on any atom is -0.366 e. The zero-order valence-electron chi connectivity index (χ0n) is 12.6. The van der Waals surface area contributed by atoms with Gasteiger partial charge < -0.3 is 19.9 Å². The van der Waals surface area contributed by atoms with Gasteiger partial charge in [0.1, 0.15) is 6.61 Å². The van der Waals surface area contributed by atoms with Crippen LogP contribution in [0.15, 0.2) is 4.52 Å². The standard InChI is InChI=1S/C13H26N4O2/c1-6-17(7-2)8-10(14)12-15-11(19-16-12)9-18-13(3,4)5/h10H,6-9,14H2,1-5H3. The lowest BCUT2D eigenvalue weighted by Gasteiger charge is -2.20. The molecule has 0 bridgehead atoms. The van der Waals surface area contributed by atoms with Crippen molar-refractivity contribution in [3.8, 4) is 0 Å². The Labute approximate surface area is 115 Å². The Morgan fingerprint density at radius 1 is 1.32 bits per heavy atom. The summed E-state index contributed by atoms with van der Waals surface area (Å²) >= 11 is 0. The SMILES string of the molecule is CCN(CC)CC(N)c1noc(COC(C)(C)C)n1. The van der Waals surface area contributed by atoms with E-state index in [9.17, 15) is 0 Å². The van der Waals surface area contributed by atoms with Gasteiger partial charge in [-0.25, -0.2) is 0 Å². The summed E-state index contributed by atoms with van der Waals surface area (Å²) in [6.07, 6.45) is 0. The summed E-state index contributed by atoms with van der Waals surface area (Å²) in [5.41, 5.74) is 5.85. The topological polar surface area (TPSA) is 77.4 Å².